The van der Waals surface area contributed by atoms with Gasteiger partial charge in [0.15, 0.2) is 0 Å². The van der Waals surface area contributed by atoms with Crippen molar-refractivity contribution in [3.8, 4) is 23.2 Å². The first-order valence-corrected chi connectivity index (χ1v) is 10.9. The molecule has 0 spiro atoms. The number of rotatable bonds is 4. The van der Waals surface area contributed by atoms with E-state index in [1.54, 1.807) is 24.4 Å². The average molecular weight is 447 g/mol. The summed E-state index contributed by atoms with van der Waals surface area (Å²) in [6, 6.07) is 23.1. The lowest BCUT2D eigenvalue weighted by Crippen LogP contribution is -2.09. The monoisotopic (exact) mass is 447 g/mol. The lowest BCUT2D eigenvalue weighted by molar-refractivity contribution is 0.459. The lowest BCUT2D eigenvalue weighted by Gasteiger charge is -2.13. The summed E-state index contributed by atoms with van der Waals surface area (Å²) in [5.74, 6) is 1.84. The van der Waals surface area contributed by atoms with Crippen LogP contribution in [0.2, 0.25) is 0 Å². The van der Waals surface area contributed by atoms with Crippen molar-refractivity contribution in [3.63, 3.8) is 0 Å². The Balaban J connectivity index is 1.49. The van der Waals surface area contributed by atoms with Crippen molar-refractivity contribution in [2.75, 3.05) is 19.0 Å². The van der Waals surface area contributed by atoms with E-state index < -0.39 is 0 Å². The number of hydrogen-bond acceptors (Lipinski definition) is 6. The van der Waals surface area contributed by atoms with Gasteiger partial charge in [0, 0.05) is 37.0 Å². The molecule has 0 bridgehead atoms. The summed E-state index contributed by atoms with van der Waals surface area (Å²) < 4.78 is 8.15. The Morgan fingerprint density at radius 3 is 2.53 bits per heavy atom. The molecule has 0 aliphatic rings. The van der Waals surface area contributed by atoms with E-state index in [0.717, 1.165) is 38.8 Å². The van der Waals surface area contributed by atoms with E-state index in [0.29, 0.717) is 17.1 Å². The van der Waals surface area contributed by atoms with Gasteiger partial charge in [-0.15, -0.1) is 0 Å². The van der Waals surface area contributed by atoms with Crippen LogP contribution in [-0.4, -0.2) is 38.7 Å². The Morgan fingerprint density at radius 1 is 0.824 bits per heavy atom. The SMILES string of the molecule is CN(C)c1ccc(-n2c3ccccc3c3ncc(Oc4ccc5cccc(O)c5n4)cc32)nc1. The van der Waals surface area contributed by atoms with E-state index >= 15 is 0 Å². The van der Waals surface area contributed by atoms with Crippen molar-refractivity contribution >= 4 is 38.5 Å². The van der Waals surface area contributed by atoms with E-state index in [1.807, 2.05) is 67.7 Å². The normalized spacial score (nSPS) is 11.4. The second kappa shape index (κ2) is 7.74. The van der Waals surface area contributed by atoms with Crippen LogP contribution in [0.3, 0.4) is 0 Å². The molecule has 166 valence electrons. The first-order valence-electron chi connectivity index (χ1n) is 10.9. The molecule has 0 saturated heterocycles. The number of aromatic hydroxyl groups is 1. The fourth-order valence-electron chi connectivity index (χ4n) is 4.18. The zero-order valence-corrected chi connectivity index (χ0v) is 18.7. The number of anilines is 1. The van der Waals surface area contributed by atoms with Gasteiger partial charge in [0.2, 0.25) is 5.88 Å². The highest BCUT2D eigenvalue weighted by atomic mass is 16.5. The van der Waals surface area contributed by atoms with E-state index in [-0.39, 0.29) is 5.75 Å². The highest BCUT2D eigenvalue weighted by Gasteiger charge is 2.15. The van der Waals surface area contributed by atoms with Gasteiger partial charge in [-0.05, 0) is 30.3 Å². The number of aromatic nitrogens is 4. The maximum atomic E-state index is 10.2. The number of hydrogen-bond donors (Lipinski definition) is 1. The molecule has 7 heteroatoms. The van der Waals surface area contributed by atoms with E-state index in [9.17, 15) is 5.11 Å². The third kappa shape index (κ3) is 3.26. The summed E-state index contributed by atoms with van der Waals surface area (Å²) >= 11 is 0. The summed E-state index contributed by atoms with van der Waals surface area (Å²) in [7, 11) is 3.98. The van der Waals surface area contributed by atoms with Gasteiger partial charge in [-0.1, -0.05) is 30.3 Å². The molecule has 34 heavy (non-hydrogen) atoms. The number of fused-ring (bicyclic) bond motifs is 4. The standard InChI is InChI=1S/C27H21N5O2/c1-31(2)18-11-12-24(28-15-18)32-21-8-4-3-7-20(21)27-22(32)14-19(16-29-27)34-25-13-10-17-6-5-9-23(33)26(17)30-25/h3-16,33H,1-2H3. The van der Waals surface area contributed by atoms with E-state index in [1.165, 1.54) is 0 Å². The summed E-state index contributed by atoms with van der Waals surface area (Å²) in [5, 5.41) is 12.0. The van der Waals surface area contributed by atoms with Crippen LogP contribution in [0, 0.1) is 0 Å². The molecular weight excluding hydrogens is 426 g/mol. The molecule has 0 saturated carbocycles. The van der Waals surface area contributed by atoms with Crippen LogP contribution in [0.25, 0.3) is 38.7 Å². The van der Waals surface area contributed by atoms with Crippen LogP contribution in [0.1, 0.15) is 0 Å². The van der Waals surface area contributed by atoms with Crippen molar-refractivity contribution in [1.82, 2.24) is 19.5 Å². The van der Waals surface area contributed by atoms with E-state index in [2.05, 4.69) is 21.7 Å². The third-order valence-electron chi connectivity index (χ3n) is 5.86. The first kappa shape index (κ1) is 20.0. The van der Waals surface area contributed by atoms with Crippen molar-refractivity contribution in [3.05, 3.63) is 85.2 Å². The minimum Gasteiger partial charge on any atom is -0.506 e. The molecule has 7 nitrogen and oxygen atoms in total. The molecule has 0 fully saturated rings. The Morgan fingerprint density at radius 2 is 1.71 bits per heavy atom. The number of nitrogens with zero attached hydrogens (tertiary/aromatic N) is 5. The van der Waals surface area contributed by atoms with Gasteiger partial charge in [-0.25, -0.2) is 9.97 Å². The van der Waals surface area contributed by atoms with Gasteiger partial charge in [-0.3, -0.25) is 9.55 Å². The van der Waals surface area contributed by atoms with Gasteiger partial charge < -0.3 is 14.7 Å². The average Bonchev–Trinajstić information content (AvgIpc) is 3.18. The molecule has 2 aromatic carbocycles. The summed E-state index contributed by atoms with van der Waals surface area (Å²) in [6.07, 6.45) is 3.55. The van der Waals surface area contributed by atoms with Gasteiger partial charge in [0.25, 0.3) is 0 Å². The molecule has 4 aromatic heterocycles. The highest BCUT2D eigenvalue weighted by molar-refractivity contribution is 6.07. The number of benzene rings is 2. The molecule has 0 aliphatic carbocycles. The fraction of sp³-hybridized carbons (Fsp3) is 0.0741. The van der Waals surface area contributed by atoms with Crippen molar-refractivity contribution < 1.29 is 9.84 Å². The molecule has 0 aliphatic heterocycles. The Bertz CT molecular complexity index is 1670. The topological polar surface area (TPSA) is 76.3 Å². The molecule has 0 unspecified atom stereocenters. The Labute approximate surface area is 195 Å². The largest absolute Gasteiger partial charge is 0.506 e. The molecular formula is C27H21N5O2. The van der Waals surface area contributed by atoms with Gasteiger partial charge >= 0.3 is 0 Å². The van der Waals surface area contributed by atoms with Crippen molar-refractivity contribution in [2.45, 2.75) is 0 Å². The quantitative estimate of drug-likeness (QED) is 0.374. The van der Waals surface area contributed by atoms with Crippen LogP contribution in [0.15, 0.2) is 85.2 Å². The number of phenolic OH excluding ortho intramolecular Hbond substituents is 1. The molecule has 6 rings (SSSR count). The van der Waals surface area contributed by atoms with Gasteiger partial charge in [0.1, 0.15) is 22.8 Å². The molecule has 6 aromatic rings. The van der Waals surface area contributed by atoms with Gasteiger partial charge in [-0.2, -0.15) is 0 Å². The van der Waals surface area contributed by atoms with Crippen LogP contribution in [0.5, 0.6) is 17.4 Å². The molecule has 0 atom stereocenters. The van der Waals surface area contributed by atoms with Gasteiger partial charge in [0.05, 0.1) is 34.6 Å². The number of para-hydroxylation sites is 2. The minimum absolute atomic E-state index is 0.115. The molecule has 4 heterocycles. The number of pyridine rings is 3. The summed E-state index contributed by atoms with van der Waals surface area (Å²) in [6.45, 7) is 0. The number of ether oxygens (including phenoxy) is 1. The predicted octanol–water partition coefficient (Wildman–Crippen LogP) is 5.69. The van der Waals surface area contributed by atoms with E-state index in [4.69, 9.17) is 14.7 Å². The fourth-order valence-corrected chi connectivity index (χ4v) is 4.18. The van der Waals surface area contributed by atoms with Crippen LogP contribution < -0.4 is 9.64 Å². The van der Waals surface area contributed by atoms with Crippen molar-refractivity contribution in [1.29, 1.82) is 0 Å². The lowest BCUT2D eigenvalue weighted by atomic mass is 10.2. The zero-order valence-electron chi connectivity index (χ0n) is 18.7. The second-order valence-corrected chi connectivity index (χ2v) is 8.26. The Kier molecular flexibility index (Phi) is 4.55. The maximum absolute atomic E-state index is 10.2. The first-order chi connectivity index (χ1) is 16.6. The Hall–Kier alpha value is -4.65. The maximum Gasteiger partial charge on any atom is 0.220 e. The van der Waals surface area contributed by atoms with Crippen LogP contribution in [0.4, 0.5) is 5.69 Å². The third-order valence-corrected chi connectivity index (χ3v) is 5.86. The summed E-state index contributed by atoms with van der Waals surface area (Å²) in [5.41, 5.74) is 4.28. The smallest absolute Gasteiger partial charge is 0.220 e. The molecule has 1 N–H and O–H groups in total. The summed E-state index contributed by atoms with van der Waals surface area (Å²) in [4.78, 5) is 15.9. The second-order valence-electron chi connectivity index (χ2n) is 8.26. The van der Waals surface area contributed by atoms with Crippen LogP contribution in [-0.2, 0) is 0 Å². The molecule has 0 radical (unpaired) electrons. The minimum atomic E-state index is 0.115. The highest BCUT2D eigenvalue weighted by Crippen LogP contribution is 2.34. The van der Waals surface area contributed by atoms with Crippen molar-refractivity contribution in [2.24, 2.45) is 0 Å². The molecule has 0 amide bonds. The predicted molar refractivity (Wildman–Crippen MR) is 134 cm³/mol. The zero-order chi connectivity index (χ0) is 23.2. The van der Waals surface area contributed by atoms with Crippen LogP contribution >= 0.6 is 0 Å². The number of phenols is 1.